The van der Waals surface area contributed by atoms with Gasteiger partial charge in [0.15, 0.2) is 11.5 Å². The Bertz CT molecular complexity index is 657. The van der Waals surface area contributed by atoms with Gasteiger partial charge in [-0.1, -0.05) is 18.2 Å². The lowest BCUT2D eigenvalue weighted by Crippen LogP contribution is -2.17. The Kier molecular flexibility index (Phi) is 5.00. The second-order valence-corrected chi connectivity index (χ2v) is 4.75. The zero-order valence-electron chi connectivity index (χ0n) is 12.3. The summed E-state index contributed by atoms with van der Waals surface area (Å²) >= 11 is 0. The highest BCUT2D eigenvalue weighted by molar-refractivity contribution is 5.45. The minimum absolute atomic E-state index is 0.00303. The molecule has 124 valence electrons. The van der Waals surface area contributed by atoms with Crippen LogP contribution in [0.15, 0.2) is 42.5 Å². The number of nitrogens with two attached hydrogens (primary N) is 1. The minimum Gasteiger partial charge on any atom is -0.504 e. The first-order valence-electron chi connectivity index (χ1n) is 6.87. The fourth-order valence-electron chi connectivity index (χ4n) is 2.06. The Labute approximate surface area is 131 Å². The van der Waals surface area contributed by atoms with Crippen molar-refractivity contribution in [1.29, 1.82) is 0 Å². The highest BCUT2D eigenvalue weighted by Crippen LogP contribution is 2.31. The summed E-state index contributed by atoms with van der Waals surface area (Å²) in [5, 5.41) is 9.67. The van der Waals surface area contributed by atoms with Gasteiger partial charge in [0.05, 0.1) is 12.6 Å². The van der Waals surface area contributed by atoms with Gasteiger partial charge < -0.3 is 20.3 Å². The van der Waals surface area contributed by atoms with Gasteiger partial charge in [0.2, 0.25) is 0 Å². The van der Waals surface area contributed by atoms with Crippen LogP contribution in [0.1, 0.15) is 24.1 Å². The average Bonchev–Trinajstić information content (AvgIpc) is 2.48. The molecule has 0 saturated heterocycles. The van der Waals surface area contributed by atoms with Crippen LogP contribution in [-0.2, 0) is 0 Å². The van der Waals surface area contributed by atoms with Crippen LogP contribution >= 0.6 is 0 Å². The molecule has 2 aromatic rings. The van der Waals surface area contributed by atoms with E-state index in [2.05, 4.69) is 4.74 Å². The molecule has 23 heavy (non-hydrogen) atoms. The lowest BCUT2D eigenvalue weighted by Gasteiger charge is -2.16. The molecule has 0 radical (unpaired) electrons. The fraction of sp³-hybridized carbons (Fsp3) is 0.250. The molecule has 0 spiro atoms. The lowest BCUT2D eigenvalue weighted by molar-refractivity contribution is -0.274. The quantitative estimate of drug-likeness (QED) is 0.878. The number of rotatable bonds is 5. The molecule has 0 aromatic heterocycles. The summed E-state index contributed by atoms with van der Waals surface area (Å²) in [4.78, 5) is 0. The predicted octanol–water partition coefficient (Wildman–Crippen LogP) is 3.74. The molecule has 0 saturated carbocycles. The molecule has 2 rings (SSSR count). The Balaban J connectivity index is 2.20. The molecule has 4 nitrogen and oxygen atoms in total. The van der Waals surface area contributed by atoms with Gasteiger partial charge >= 0.3 is 6.36 Å². The van der Waals surface area contributed by atoms with Crippen LogP contribution in [0.3, 0.4) is 0 Å². The molecule has 0 aliphatic heterocycles. The zero-order valence-corrected chi connectivity index (χ0v) is 12.3. The van der Waals surface area contributed by atoms with Crippen molar-refractivity contribution >= 4 is 0 Å². The third-order valence-corrected chi connectivity index (χ3v) is 3.12. The topological polar surface area (TPSA) is 64.7 Å². The number of benzene rings is 2. The van der Waals surface area contributed by atoms with E-state index in [1.807, 2.05) is 0 Å². The summed E-state index contributed by atoms with van der Waals surface area (Å²) in [5.74, 6) is -0.0108. The number of hydrogen-bond donors (Lipinski definition) is 2. The molecule has 0 amide bonds. The Morgan fingerprint density at radius 3 is 2.26 bits per heavy atom. The van der Waals surface area contributed by atoms with Crippen molar-refractivity contribution in [3.8, 4) is 17.2 Å². The van der Waals surface area contributed by atoms with E-state index in [-0.39, 0.29) is 11.5 Å². The Morgan fingerprint density at radius 1 is 1.09 bits per heavy atom. The first kappa shape index (κ1) is 17.0. The van der Waals surface area contributed by atoms with Crippen LogP contribution in [-0.4, -0.2) is 18.1 Å². The summed E-state index contributed by atoms with van der Waals surface area (Å²) in [5.41, 5.74) is 7.38. The van der Waals surface area contributed by atoms with E-state index in [1.54, 1.807) is 19.1 Å². The molecule has 2 aromatic carbocycles. The highest BCUT2D eigenvalue weighted by Gasteiger charge is 2.31. The fourth-order valence-corrected chi connectivity index (χ4v) is 2.06. The maximum Gasteiger partial charge on any atom is 0.573 e. The van der Waals surface area contributed by atoms with E-state index >= 15 is 0 Å². The van der Waals surface area contributed by atoms with Crippen molar-refractivity contribution in [3.63, 3.8) is 0 Å². The van der Waals surface area contributed by atoms with Gasteiger partial charge in [-0.3, -0.25) is 0 Å². The molecule has 0 aliphatic carbocycles. The zero-order chi connectivity index (χ0) is 17.0. The second kappa shape index (κ2) is 6.78. The van der Waals surface area contributed by atoms with Gasteiger partial charge in [0.1, 0.15) is 5.75 Å². The Morgan fingerprint density at radius 2 is 1.70 bits per heavy atom. The molecule has 1 atom stereocenters. The minimum atomic E-state index is -4.73. The SMILES string of the molecule is CCOc1cc([C@@H](N)c2ccc(OC(F)(F)F)cc2)ccc1O. The first-order valence-corrected chi connectivity index (χ1v) is 6.87. The van der Waals surface area contributed by atoms with E-state index in [0.717, 1.165) is 0 Å². The van der Waals surface area contributed by atoms with Crippen LogP contribution in [0, 0.1) is 0 Å². The number of ether oxygens (including phenoxy) is 2. The van der Waals surface area contributed by atoms with Crippen LogP contribution in [0.4, 0.5) is 13.2 Å². The molecule has 0 heterocycles. The van der Waals surface area contributed by atoms with Crippen molar-refractivity contribution < 1.29 is 27.8 Å². The molecular weight excluding hydrogens is 311 g/mol. The lowest BCUT2D eigenvalue weighted by atomic mass is 9.99. The summed E-state index contributed by atoms with van der Waals surface area (Å²) < 4.78 is 45.5. The second-order valence-electron chi connectivity index (χ2n) is 4.75. The van der Waals surface area contributed by atoms with E-state index in [0.29, 0.717) is 23.5 Å². The van der Waals surface area contributed by atoms with Gasteiger partial charge in [-0.2, -0.15) is 0 Å². The molecular formula is C16H16F3NO3. The summed E-state index contributed by atoms with van der Waals surface area (Å²) in [6.45, 7) is 2.17. The van der Waals surface area contributed by atoms with Crippen molar-refractivity contribution in [2.75, 3.05) is 6.61 Å². The largest absolute Gasteiger partial charge is 0.573 e. The number of halogens is 3. The van der Waals surface area contributed by atoms with Crippen LogP contribution in [0.5, 0.6) is 17.2 Å². The van der Waals surface area contributed by atoms with Crippen molar-refractivity contribution in [3.05, 3.63) is 53.6 Å². The number of phenols is 1. The monoisotopic (exact) mass is 327 g/mol. The summed E-state index contributed by atoms with van der Waals surface area (Å²) in [7, 11) is 0. The van der Waals surface area contributed by atoms with Gasteiger partial charge in [0, 0.05) is 0 Å². The normalized spacial score (nSPS) is 12.7. The van der Waals surface area contributed by atoms with Crippen molar-refractivity contribution in [2.24, 2.45) is 5.73 Å². The summed E-state index contributed by atoms with van der Waals surface area (Å²) in [6, 6.07) is 9.43. The third-order valence-electron chi connectivity index (χ3n) is 3.12. The van der Waals surface area contributed by atoms with Gasteiger partial charge in [-0.05, 0) is 42.3 Å². The first-order chi connectivity index (χ1) is 10.8. The number of phenolic OH excluding ortho intramolecular Hbond substituents is 1. The number of aromatic hydroxyl groups is 1. The highest BCUT2D eigenvalue weighted by atomic mass is 19.4. The van der Waals surface area contributed by atoms with Crippen LogP contribution < -0.4 is 15.2 Å². The standard InChI is InChI=1S/C16H16F3NO3/c1-2-22-14-9-11(5-8-13(14)21)15(20)10-3-6-12(7-4-10)23-16(17,18)19/h3-9,15,21H,2,20H2,1H3/t15-/m0/s1. The van der Waals surface area contributed by atoms with E-state index in [1.165, 1.54) is 30.3 Å². The van der Waals surface area contributed by atoms with Gasteiger partial charge in [-0.15, -0.1) is 13.2 Å². The maximum atomic E-state index is 12.1. The smallest absolute Gasteiger partial charge is 0.504 e. The van der Waals surface area contributed by atoms with Gasteiger partial charge in [0.25, 0.3) is 0 Å². The molecule has 0 unspecified atom stereocenters. The predicted molar refractivity (Wildman–Crippen MR) is 78.4 cm³/mol. The summed E-state index contributed by atoms with van der Waals surface area (Å²) in [6.07, 6.45) is -4.73. The maximum absolute atomic E-state index is 12.1. The van der Waals surface area contributed by atoms with Gasteiger partial charge in [-0.25, -0.2) is 0 Å². The molecule has 3 N–H and O–H groups in total. The van der Waals surface area contributed by atoms with E-state index in [4.69, 9.17) is 10.5 Å². The average molecular weight is 327 g/mol. The van der Waals surface area contributed by atoms with Crippen molar-refractivity contribution in [1.82, 2.24) is 0 Å². The van der Waals surface area contributed by atoms with E-state index < -0.39 is 12.4 Å². The number of hydrogen-bond acceptors (Lipinski definition) is 4. The Hall–Kier alpha value is -2.41. The third kappa shape index (κ3) is 4.53. The molecule has 0 fully saturated rings. The molecule has 0 bridgehead atoms. The molecule has 7 heteroatoms. The van der Waals surface area contributed by atoms with Crippen LogP contribution in [0.25, 0.3) is 0 Å². The van der Waals surface area contributed by atoms with E-state index in [9.17, 15) is 18.3 Å². The number of alkyl halides is 3. The van der Waals surface area contributed by atoms with Crippen molar-refractivity contribution in [2.45, 2.75) is 19.3 Å². The molecule has 0 aliphatic rings. The van der Waals surface area contributed by atoms with Crippen LogP contribution in [0.2, 0.25) is 0 Å².